The van der Waals surface area contributed by atoms with Gasteiger partial charge in [-0.05, 0) is 31.4 Å². The highest BCUT2D eigenvalue weighted by molar-refractivity contribution is 6.29. The van der Waals surface area contributed by atoms with Crippen molar-refractivity contribution in [2.45, 2.75) is 25.2 Å². The highest BCUT2D eigenvalue weighted by Gasteiger charge is 2.51. The zero-order chi connectivity index (χ0) is 14.2. The highest BCUT2D eigenvalue weighted by Crippen LogP contribution is 2.48. The van der Waals surface area contributed by atoms with Gasteiger partial charge in [-0.2, -0.15) is 0 Å². The molecule has 2 aromatic rings. The molecule has 1 N–H and O–H groups in total. The molecule has 1 heterocycles. The highest BCUT2D eigenvalue weighted by atomic mass is 35.5. The summed E-state index contributed by atoms with van der Waals surface area (Å²) >= 11 is 5.88. The van der Waals surface area contributed by atoms with E-state index in [0.29, 0.717) is 5.15 Å². The lowest BCUT2D eigenvalue weighted by Crippen LogP contribution is -2.28. The van der Waals surface area contributed by atoms with E-state index in [0.717, 1.165) is 24.1 Å². The Balaban J connectivity index is 1.83. The Labute approximate surface area is 122 Å². The number of aryl methyl sites for hydroxylation is 1. The molecule has 20 heavy (non-hydrogen) atoms. The van der Waals surface area contributed by atoms with Crippen molar-refractivity contribution < 1.29 is 4.79 Å². The largest absolute Gasteiger partial charge is 0.294 e. The van der Waals surface area contributed by atoms with Gasteiger partial charge in [0.2, 0.25) is 11.9 Å². The normalized spacial score (nSPS) is 15.7. The topological polar surface area (TPSA) is 54.9 Å². The Bertz CT molecular complexity index is 633. The van der Waals surface area contributed by atoms with E-state index in [1.165, 1.54) is 0 Å². The molecule has 1 aromatic carbocycles. The van der Waals surface area contributed by atoms with Crippen LogP contribution in [0.5, 0.6) is 0 Å². The van der Waals surface area contributed by atoms with E-state index >= 15 is 0 Å². The van der Waals surface area contributed by atoms with E-state index in [1.807, 2.05) is 37.3 Å². The van der Waals surface area contributed by atoms with Crippen LogP contribution in [0.2, 0.25) is 5.15 Å². The number of nitrogens with zero attached hydrogens (tertiary/aromatic N) is 2. The first-order valence-corrected chi connectivity index (χ1v) is 6.86. The predicted molar refractivity (Wildman–Crippen MR) is 77.8 cm³/mol. The second-order valence-electron chi connectivity index (χ2n) is 5.06. The molecule has 1 fully saturated rings. The Kier molecular flexibility index (Phi) is 3.18. The van der Waals surface area contributed by atoms with Crippen LogP contribution in [0.3, 0.4) is 0 Å². The number of nitrogens with one attached hydrogen (secondary N) is 1. The van der Waals surface area contributed by atoms with Crippen LogP contribution in [-0.4, -0.2) is 15.9 Å². The van der Waals surface area contributed by atoms with Gasteiger partial charge in [0.25, 0.3) is 0 Å². The molecule has 0 aliphatic heterocycles. The SMILES string of the molecule is Cc1cc(Cl)nc(NC(=O)C2(c3ccccc3)CC2)n1. The minimum absolute atomic E-state index is 0.0645. The van der Waals surface area contributed by atoms with Gasteiger partial charge in [-0.25, -0.2) is 9.97 Å². The molecular weight excluding hydrogens is 274 g/mol. The maximum absolute atomic E-state index is 12.5. The smallest absolute Gasteiger partial charge is 0.237 e. The van der Waals surface area contributed by atoms with E-state index in [2.05, 4.69) is 15.3 Å². The quantitative estimate of drug-likeness (QED) is 0.883. The third-order valence-electron chi connectivity index (χ3n) is 3.56. The lowest BCUT2D eigenvalue weighted by Gasteiger charge is -2.15. The van der Waals surface area contributed by atoms with E-state index in [4.69, 9.17) is 11.6 Å². The molecule has 102 valence electrons. The number of rotatable bonds is 3. The van der Waals surface area contributed by atoms with Crippen LogP contribution < -0.4 is 5.32 Å². The molecule has 5 heteroatoms. The number of hydrogen-bond donors (Lipinski definition) is 1. The van der Waals surface area contributed by atoms with Gasteiger partial charge in [0, 0.05) is 5.69 Å². The molecule has 1 aliphatic carbocycles. The Morgan fingerprint density at radius 3 is 2.55 bits per heavy atom. The Morgan fingerprint density at radius 2 is 1.95 bits per heavy atom. The second kappa shape index (κ2) is 4.87. The molecule has 3 rings (SSSR count). The van der Waals surface area contributed by atoms with Gasteiger partial charge in [0.15, 0.2) is 0 Å². The fourth-order valence-electron chi connectivity index (χ4n) is 2.34. The molecule has 4 nitrogen and oxygen atoms in total. The standard InChI is InChI=1S/C15H14ClN3O/c1-10-9-12(16)18-14(17-10)19-13(20)15(7-8-15)11-5-3-2-4-6-11/h2-6,9H,7-8H2,1H3,(H,17,18,19,20). The minimum Gasteiger partial charge on any atom is -0.294 e. The molecule has 1 saturated carbocycles. The number of aromatic nitrogens is 2. The molecule has 1 aliphatic rings. The summed E-state index contributed by atoms with van der Waals surface area (Å²) < 4.78 is 0. The minimum atomic E-state index is -0.430. The van der Waals surface area contributed by atoms with Crippen LogP contribution in [0.1, 0.15) is 24.1 Å². The lowest BCUT2D eigenvalue weighted by atomic mass is 9.95. The summed E-state index contributed by atoms with van der Waals surface area (Å²) in [4.78, 5) is 20.7. The number of anilines is 1. The summed E-state index contributed by atoms with van der Waals surface area (Å²) in [7, 11) is 0. The van der Waals surface area contributed by atoms with E-state index in [1.54, 1.807) is 6.07 Å². The van der Waals surface area contributed by atoms with Gasteiger partial charge in [-0.3, -0.25) is 10.1 Å². The van der Waals surface area contributed by atoms with Gasteiger partial charge in [0.05, 0.1) is 5.41 Å². The fraction of sp³-hybridized carbons (Fsp3) is 0.267. The van der Waals surface area contributed by atoms with Crippen molar-refractivity contribution in [3.63, 3.8) is 0 Å². The van der Waals surface area contributed by atoms with E-state index in [-0.39, 0.29) is 11.9 Å². The van der Waals surface area contributed by atoms with E-state index in [9.17, 15) is 4.79 Å². The summed E-state index contributed by atoms with van der Waals surface area (Å²) in [5.74, 6) is 0.201. The number of carbonyl (C=O) groups excluding carboxylic acids is 1. The van der Waals surface area contributed by atoms with Crippen molar-refractivity contribution in [2.75, 3.05) is 5.32 Å². The third-order valence-corrected chi connectivity index (χ3v) is 3.75. The summed E-state index contributed by atoms with van der Waals surface area (Å²) in [6, 6.07) is 11.5. The zero-order valence-electron chi connectivity index (χ0n) is 11.1. The van der Waals surface area contributed by atoms with Crippen molar-refractivity contribution >= 4 is 23.5 Å². The Morgan fingerprint density at radius 1 is 1.25 bits per heavy atom. The van der Waals surface area contributed by atoms with Gasteiger partial charge >= 0.3 is 0 Å². The van der Waals surface area contributed by atoms with Gasteiger partial charge < -0.3 is 0 Å². The molecule has 0 atom stereocenters. The van der Waals surface area contributed by atoms with Crippen LogP contribution in [0.4, 0.5) is 5.95 Å². The summed E-state index contributed by atoms with van der Waals surface area (Å²) in [6.07, 6.45) is 1.70. The first kappa shape index (κ1) is 13.1. The number of benzene rings is 1. The van der Waals surface area contributed by atoms with E-state index < -0.39 is 5.41 Å². The van der Waals surface area contributed by atoms with Crippen LogP contribution in [0.15, 0.2) is 36.4 Å². The second-order valence-corrected chi connectivity index (χ2v) is 5.45. The average Bonchev–Trinajstić information content (AvgIpc) is 3.20. The number of halogens is 1. The van der Waals surface area contributed by atoms with Crippen molar-refractivity contribution in [1.29, 1.82) is 0 Å². The number of carbonyl (C=O) groups is 1. The van der Waals surface area contributed by atoms with Crippen molar-refractivity contribution in [2.24, 2.45) is 0 Å². The van der Waals surface area contributed by atoms with Gasteiger partial charge in [0.1, 0.15) is 5.15 Å². The van der Waals surface area contributed by atoms with Crippen molar-refractivity contribution in [3.05, 3.63) is 52.8 Å². The summed E-state index contributed by atoms with van der Waals surface area (Å²) in [5.41, 5.74) is 1.34. The number of amides is 1. The van der Waals surface area contributed by atoms with Gasteiger partial charge in [-0.1, -0.05) is 41.9 Å². The van der Waals surface area contributed by atoms with Crippen LogP contribution >= 0.6 is 11.6 Å². The molecule has 1 amide bonds. The summed E-state index contributed by atoms with van der Waals surface area (Å²) in [6.45, 7) is 1.81. The molecule has 0 saturated heterocycles. The molecule has 1 aromatic heterocycles. The summed E-state index contributed by atoms with van der Waals surface area (Å²) in [5, 5.41) is 3.11. The monoisotopic (exact) mass is 287 g/mol. The Hall–Kier alpha value is -1.94. The molecule has 0 unspecified atom stereocenters. The van der Waals surface area contributed by atoms with Crippen molar-refractivity contribution in [3.8, 4) is 0 Å². The maximum Gasteiger partial charge on any atom is 0.237 e. The van der Waals surface area contributed by atoms with Crippen molar-refractivity contribution in [1.82, 2.24) is 9.97 Å². The average molecular weight is 288 g/mol. The van der Waals surface area contributed by atoms with Crippen LogP contribution in [0, 0.1) is 6.92 Å². The zero-order valence-corrected chi connectivity index (χ0v) is 11.8. The first-order valence-electron chi connectivity index (χ1n) is 6.48. The third kappa shape index (κ3) is 2.39. The first-order chi connectivity index (χ1) is 9.60. The lowest BCUT2D eigenvalue weighted by molar-refractivity contribution is -0.118. The number of hydrogen-bond acceptors (Lipinski definition) is 3. The molecule has 0 bridgehead atoms. The molecular formula is C15H14ClN3O. The molecule has 0 spiro atoms. The fourth-order valence-corrected chi connectivity index (χ4v) is 2.57. The van der Waals surface area contributed by atoms with Crippen LogP contribution in [-0.2, 0) is 10.2 Å². The maximum atomic E-state index is 12.5. The molecule has 0 radical (unpaired) electrons. The van der Waals surface area contributed by atoms with Crippen LogP contribution in [0.25, 0.3) is 0 Å². The van der Waals surface area contributed by atoms with Gasteiger partial charge in [-0.15, -0.1) is 0 Å². The predicted octanol–water partition coefficient (Wildman–Crippen LogP) is 3.11.